The number of pyridine rings is 1. The number of nitrogens with zero attached hydrogens (tertiary/aromatic N) is 3. The summed E-state index contributed by atoms with van der Waals surface area (Å²) >= 11 is 0. The average Bonchev–Trinajstić information content (AvgIpc) is 3.44. The Morgan fingerprint density at radius 3 is 1.55 bits per heavy atom. The number of rotatable bonds is 6. The molecule has 2 aliphatic rings. The molecule has 0 aliphatic carbocycles. The lowest BCUT2D eigenvalue weighted by Crippen LogP contribution is -2.29. The fourth-order valence-electron chi connectivity index (χ4n) is 4.29. The van der Waals surface area contributed by atoms with Crippen molar-refractivity contribution >= 4 is 58.2 Å². The van der Waals surface area contributed by atoms with Gasteiger partial charge in [-0.1, -0.05) is 12.1 Å². The van der Waals surface area contributed by atoms with Gasteiger partial charge >= 0.3 is 0 Å². The third kappa shape index (κ3) is 4.76. The number of anilines is 4. The highest BCUT2D eigenvalue weighted by atomic mass is 16.2. The summed E-state index contributed by atoms with van der Waals surface area (Å²) in [7, 11) is 0. The molecule has 6 amide bonds. The van der Waals surface area contributed by atoms with Crippen LogP contribution < -0.4 is 20.4 Å². The summed E-state index contributed by atoms with van der Waals surface area (Å²) in [6, 6.07) is 13.8. The Bertz CT molecular complexity index is 1370. The van der Waals surface area contributed by atoms with Gasteiger partial charge in [0.25, 0.3) is 11.8 Å². The van der Waals surface area contributed by atoms with Crippen molar-refractivity contribution in [2.24, 2.45) is 0 Å². The molecule has 11 heteroatoms. The van der Waals surface area contributed by atoms with Crippen molar-refractivity contribution in [3.05, 3.63) is 78.1 Å². The first kappa shape index (κ1) is 24.5. The number of hydrogen-bond donors (Lipinski definition) is 2. The normalized spacial score (nSPS) is 15.3. The second kappa shape index (κ2) is 10.1. The Morgan fingerprint density at radius 1 is 0.632 bits per heavy atom. The third-order valence-corrected chi connectivity index (χ3v) is 6.15. The smallest absolute Gasteiger partial charge is 0.255 e. The van der Waals surface area contributed by atoms with Crippen molar-refractivity contribution < 1.29 is 28.8 Å². The van der Waals surface area contributed by atoms with Gasteiger partial charge < -0.3 is 10.6 Å². The molecular formula is C27H21N5O6. The number of carbonyl (C=O) groups excluding carboxylic acids is 6. The van der Waals surface area contributed by atoms with Crippen LogP contribution in [0.4, 0.5) is 22.7 Å². The summed E-state index contributed by atoms with van der Waals surface area (Å²) in [6.45, 7) is 0. The number of amides is 6. The maximum Gasteiger partial charge on any atom is 0.255 e. The van der Waals surface area contributed by atoms with Gasteiger partial charge in [-0.15, -0.1) is 0 Å². The molecule has 38 heavy (non-hydrogen) atoms. The first-order chi connectivity index (χ1) is 18.3. The minimum Gasteiger partial charge on any atom is -0.320 e. The van der Waals surface area contributed by atoms with Gasteiger partial charge in [0, 0.05) is 43.0 Å². The molecule has 2 aliphatic heterocycles. The van der Waals surface area contributed by atoms with Crippen LogP contribution in [0.1, 0.15) is 46.4 Å². The number of imide groups is 2. The van der Waals surface area contributed by atoms with Crippen molar-refractivity contribution in [3.8, 4) is 0 Å². The van der Waals surface area contributed by atoms with E-state index in [-0.39, 0.29) is 71.8 Å². The zero-order valence-corrected chi connectivity index (χ0v) is 20.0. The quantitative estimate of drug-likeness (QED) is 0.484. The maximum atomic E-state index is 13.0. The van der Waals surface area contributed by atoms with E-state index in [1.807, 2.05) is 0 Å². The first-order valence-corrected chi connectivity index (χ1v) is 11.8. The predicted molar refractivity (Wildman–Crippen MR) is 136 cm³/mol. The Balaban J connectivity index is 1.33. The monoisotopic (exact) mass is 511 g/mol. The van der Waals surface area contributed by atoms with E-state index >= 15 is 0 Å². The number of aromatic nitrogens is 1. The van der Waals surface area contributed by atoms with E-state index in [4.69, 9.17) is 0 Å². The maximum absolute atomic E-state index is 13.0. The van der Waals surface area contributed by atoms with E-state index in [2.05, 4.69) is 15.6 Å². The molecule has 0 bridgehead atoms. The van der Waals surface area contributed by atoms with Crippen molar-refractivity contribution in [2.45, 2.75) is 25.7 Å². The number of benzene rings is 2. The van der Waals surface area contributed by atoms with Crippen molar-refractivity contribution in [2.75, 3.05) is 20.4 Å². The van der Waals surface area contributed by atoms with Crippen molar-refractivity contribution in [1.82, 2.24) is 4.98 Å². The fourth-order valence-corrected chi connectivity index (χ4v) is 4.29. The van der Waals surface area contributed by atoms with Gasteiger partial charge in [-0.25, -0.2) is 0 Å². The SMILES string of the molecule is O=C(Nc1ccncc1NC(=O)c1cccc(N2C(=O)CCC2=O)c1)c1cccc(N2C(=O)CCC2=O)c1. The van der Waals surface area contributed by atoms with Crippen molar-refractivity contribution in [3.63, 3.8) is 0 Å². The first-order valence-electron chi connectivity index (χ1n) is 11.8. The minimum absolute atomic E-state index is 0.127. The summed E-state index contributed by atoms with van der Waals surface area (Å²) in [6.07, 6.45) is 3.31. The summed E-state index contributed by atoms with van der Waals surface area (Å²) in [5, 5.41) is 5.40. The van der Waals surface area contributed by atoms with Gasteiger partial charge in [0.2, 0.25) is 23.6 Å². The zero-order chi connectivity index (χ0) is 26.8. The summed E-state index contributed by atoms with van der Waals surface area (Å²) < 4.78 is 0. The number of hydrogen-bond acceptors (Lipinski definition) is 7. The summed E-state index contributed by atoms with van der Waals surface area (Å²) in [5.74, 6) is -2.37. The molecular weight excluding hydrogens is 490 g/mol. The molecule has 5 rings (SSSR count). The van der Waals surface area contributed by atoms with E-state index in [0.29, 0.717) is 11.4 Å². The number of carbonyl (C=O) groups is 6. The van der Waals surface area contributed by atoms with Crippen molar-refractivity contribution in [1.29, 1.82) is 0 Å². The molecule has 0 atom stereocenters. The van der Waals surface area contributed by atoms with Crippen LogP contribution in [0.2, 0.25) is 0 Å². The molecule has 3 heterocycles. The molecule has 2 N–H and O–H groups in total. The standard InChI is InChI=1S/C27H21N5O6/c33-22-7-8-23(34)31(22)18-5-1-3-16(13-18)26(37)29-20-11-12-28-15-21(20)30-27(38)17-4-2-6-19(14-17)32-24(35)9-10-25(32)36/h1-6,11-15H,7-10H2,(H,30,38)(H,28,29,37). The van der Waals surface area contributed by atoms with E-state index in [1.54, 1.807) is 24.3 Å². The number of nitrogens with one attached hydrogen (secondary N) is 2. The fraction of sp³-hybridized carbons (Fsp3) is 0.148. The highest BCUT2D eigenvalue weighted by Gasteiger charge is 2.31. The summed E-state index contributed by atoms with van der Waals surface area (Å²) in [5.41, 5.74) is 1.49. The van der Waals surface area contributed by atoms with Crippen LogP contribution in [0.3, 0.4) is 0 Å². The zero-order valence-electron chi connectivity index (χ0n) is 20.0. The lowest BCUT2D eigenvalue weighted by atomic mass is 10.1. The van der Waals surface area contributed by atoms with E-state index < -0.39 is 11.8 Å². The third-order valence-electron chi connectivity index (χ3n) is 6.15. The van der Waals surface area contributed by atoms with Crippen LogP contribution in [0.5, 0.6) is 0 Å². The second-order valence-corrected chi connectivity index (χ2v) is 8.68. The topological polar surface area (TPSA) is 146 Å². The molecule has 2 aromatic carbocycles. The molecule has 0 spiro atoms. The minimum atomic E-state index is -0.539. The van der Waals surface area contributed by atoms with Crippen LogP contribution in [-0.4, -0.2) is 40.4 Å². The highest BCUT2D eigenvalue weighted by Crippen LogP contribution is 2.27. The van der Waals surface area contributed by atoms with Crippen LogP contribution in [0, 0.1) is 0 Å². The van der Waals surface area contributed by atoms with Crippen LogP contribution in [0.25, 0.3) is 0 Å². The van der Waals surface area contributed by atoms with Gasteiger partial charge in [0.1, 0.15) is 0 Å². The highest BCUT2D eigenvalue weighted by molar-refractivity contribution is 6.21. The van der Waals surface area contributed by atoms with Crippen LogP contribution >= 0.6 is 0 Å². The molecule has 1 aromatic heterocycles. The summed E-state index contributed by atoms with van der Waals surface area (Å²) in [4.78, 5) is 80.4. The van der Waals surface area contributed by atoms with E-state index in [0.717, 1.165) is 9.80 Å². The largest absolute Gasteiger partial charge is 0.320 e. The average molecular weight is 511 g/mol. The Hall–Kier alpha value is -5.19. The molecule has 0 saturated carbocycles. The Labute approximate surface area is 216 Å². The molecule has 3 aromatic rings. The van der Waals surface area contributed by atoms with E-state index in [9.17, 15) is 28.8 Å². The van der Waals surface area contributed by atoms with Crippen LogP contribution in [0.15, 0.2) is 67.0 Å². The molecule has 2 fully saturated rings. The van der Waals surface area contributed by atoms with Gasteiger partial charge in [-0.3, -0.25) is 43.6 Å². The van der Waals surface area contributed by atoms with Crippen LogP contribution in [-0.2, 0) is 19.2 Å². The second-order valence-electron chi connectivity index (χ2n) is 8.68. The predicted octanol–water partition coefficient (Wildman–Crippen LogP) is 2.89. The van der Waals surface area contributed by atoms with Gasteiger partial charge in [-0.05, 0) is 42.5 Å². The van der Waals surface area contributed by atoms with Gasteiger partial charge in [0.15, 0.2) is 0 Å². The Kier molecular flexibility index (Phi) is 6.48. The van der Waals surface area contributed by atoms with Gasteiger partial charge in [0.05, 0.1) is 28.9 Å². The van der Waals surface area contributed by atoms with E-state index in [1.165, 1.54) is 42.7 Å². The lowest BCUT2D eigenvalue weighted by molar-refractivity contribution is -0.122. The lowest BCUT2D eigenvalue weighted by Gasteiger charge is -2.16. The Morgan fingerprint density at radius 2 is 1.08 bits per heavy atom. The molecule has 190 valence electrons. The molecule has 11 nitrogen and oxygen atoms in total. The molecule has 2 saturated heterocycles. The van der Waals surface area contributed by atoms with Gasteiger partial charge in [-0.2, -0.15) is 0 Å². The molecule has 0 radical (unpaired) electrons. The molecule has 0 unspecified atom stereocenters.